The molecule has 0 amide bonds. The zero-order chi connectivity index (χ0) is 20.1. The predicted molar refractivity (Wildman–Crippen MR) is 117 cm³/mol. The highest BCUT2D eigenvalue weighted by atomic mass is 35.5. The Morgan fingerprint density at radius 2 is 1.97 bits per heavy atom. The fourth-order valence-electron chi connectivity index (χ4n) is 2.76. The number of thioether (sulfide) groups is 1. The second-order valence-corrected chi connectivity index (χ2v) is 8.31. The number of hydrogen-bond donors (Lipinski definition) is 0. The third kappa shape index (κ3) is 4.67. The molecule has 0 bridgehead atoms. The van der Waals surface area contributed by atoms with Crippen LogP contribution in [-0.2, 0) is 17.0 Å². The fraction of sp³-hybridized carbons (Fsp3) is 0.200. The van der Waals surface area contributed by atoms with E-state index in [4.69, 9.17) is 21.3 Å². The largest absolute Gasteiger partial charge is 0.383 e. The van der Waals surface area contributed by atoms with Gasteiger partial charge in [0.25, 0.3) is 0 Å². The van der Waals surface area contributed by atoms with E-state index in [0.717, 1.165) is 32.8 Å². The molecule has 148 valence electrons. The van der Waals surface area contributed by atoms with Crippen molar-refractivity contribution in [1.29, 1.82) is 0 Å². The third-order valence-electron chi connectivity index (χ3n) is 4.18. The van der Waals surface area contributed by atoms with Crippen molar-refractivity contribution < 1.29 is 4.74 Å². The maximum Gasteiger partial charge on any atom is 0.191 e. The van der Waals surface area contributed by atoms with E-state index in [-0.39, 0.29) is 0 Å². The zero-order valence-corrected chi connectivity index (χ0v) is 18.0. The molecule has 0 aliphatic carbocycles. The maximum absolute atomic E-state index is 6.29. The number of pyridine rings is 1. The molecular formula is C20H18ClN5OS2. The van der Waals surface area contributed by atoms with Crippen LogP contribution in [0.1, 0.15) is 5.69 Å². The molecule has 3 aromatic heterocycles. The number of halogens is 1. The number of ether oxygens (including phenoxy) is 1. The minimum absolute atomic E-state index is 0.580. The lowest BCUT2D eigenvalue weighted by Gasteiger charge is -2.09. The number of rotatable bonds is 8. The highest BCUT2D eigenvalue weighted by Gasteiger charge is 2.15. The van der Waals surface area contributed by atoms with Crippen LogP contribution < -0.4 is 0 Å². The van der Waals surface area contributed by atoms with E-state index in [9.17, 15) is 0 Å². The van der Waals surface area contributed by atoms with Gasteiger partial charge in [-0.2, -0.15) is 0 Å². The SMILES string of the molecule is COCCn1c(SCc2csc(-c3ccccc3Cl)n2)nnc1-c1ccncc1. The van der Waals surface area contributed by atoms with Crippen molar-refractivity contribution in [1.82, 2.24) is 24.7 Å². The molecule has 0 saturated heterocycles. The Labute approximate surface area is 182 Å². The van der Waals surface area contributed by atoms with Crippen LogP contribution in [0.3, 0.4) is 0 Å². The van der Waals surface area contributed by atoms with Crippen LogP contribution in [0.25, 0.3) is 22.0 Å². The first-order valence-electron chi connectivity index (χ1n) is 8.91. The first kappa shape index (κ1) is 20.0. The monoisotopic (exact) mass is 443 g/mol. The molecule has 29 heavy (non-hydrogen) atoms. The van der Waals surface area contributed by atoms with E-state index in [1.54, 1.807) is 42.6 Å². The predicted octanol–water partition coefficient (Wildman–Crippen LogP) is 5.06. The van der Waals surface area contributed by atoms with E-state index in [1.807, 2.05) is 36.4 Å². The Morgan fingerprint density at radius 1 is 1.14 bits per heavy atom. The second kappa shape index (κ2) is 9.49. The fourth-order valence-corrected chi connectivity index (χ4v) is 4.87. The van der Waals surface area contributed by atoms with Gasteiger partial charge in [0, 0.05) is 41.8 Å². The Balaban J connectivity index is 1.53. The molecule has 0 aliphatic heterocycles. The second-order valence-electron chi connectivity index (χ2n) is 6.10. The van der Waals surface area contributed by atoms with Crippen molar-refractivity contribution in [2.45, 2.75) is 17.5 Å². The number of aromatic nitrogens is 5. The smallest absolute Gasteiger partial charge is 0.191 e. The minimum atomic E-state index is 0.580. The first-order chi connectivity index (χ1) is 14.3. The average Bonchev–Trinajstić information content (AvgIpc) is 3.38. The van der Waals surface area contributed by atoms with Crippen LogP contribution in [-0.4, -0.2) is 38.4 Å². The summed E-state index contributed by atoms with van der Waals surface area (Å²) in [5.41, 5.74) is 2.92. The van der Waals surface area contributed by atoms with Crippen LogP contribution in [0.4, 0.5) is 0 Å². The summed E-state index contributed by atoms with van der Waals surface area (Å²) in [7, 11) is 1.69. The normalized spacial score (nSPS) is 11.1. The maximum atomic E-state index is 6.29. The number of benzene rings is 1. The molecule has 0 unspecified atom stereocenters. The van der Waals surface area contributed by atoms with Crippen LogP contribution in [0.2, 0.25) is 5.02 Å². The summed E-state index contributed by atoms with van der Waals surface area (Å²) in [6.07, 6.45) is 3.51. The van der Waals surface area contributed by atoms with Gasteiger partial charge in [0.1, 0.15) is 5.01 Å². The van der Waals surface area contributed by atoms with Gasteiger partial charge in [0.15, 0.2) is 11.0 Å². The number of methoxy groups -OCH3 is 1. The summed E-state index contributed by atoms with van der Waals surface area (Å²) < 4.78 is 7.34. The van der Waals surface area contributed by atoms with Gasteiger partial charge in [-0.05, 0) is 18.2 Å². The molecule has 1 aromatic carbocycles. The zero-order valence-electron chi connectivity index (χ0n) is 15.7. The summed E-state index contributed by atoms with van der Waals surface area (Å²) >= 11 is 9.50. The van der Waals surface area contributed by atoms with E-state index in [0.29, 0.717) is 23.9 Å². The molecule has 0 spiro atoms. The van der Waals surface area contributed by atoms with Crippen molar-refractivity contribution in [2.75, 3.05) is 13.7 Å². The molecule has 9 heteroatoms. The molecule has 0 N–H and O–H groups in total. The number of hydrogen-bond acceptors (Lipinski definition) is 7. The Kier molecular flexibility index (Phi) is 6.56. The Bertz CT molecular complexity index is 1080. The van der Waals surface area contributed by atoms with Gasteiger partial charge in [0.2, 0.25) is 0 Å². The lowest BCUT2D eigenvalue weighted by atomic mass is 10.2. The van der Waals surface area contributed by atoms with E-state index < -0.39 is 0 Å². The Hall–Kier alpha value is -2.26. The van der Waals surface area contributed by atoms with Crippen molar-refractivity contribution in [3.8, 4) is 22.0 Å². The van der Waals surface area contributed by atoms with E-state index in [2.05, 4.69) is 25.1 Å². The number of thiazole rings is 1. The summed E-state index contributed by atoms with van der Waals surface area (Å²) in [5, 5.41) is 13.3. The molecule has 4 rings (SSSR count). The molecule has 0 atom stereocenters. The van der Waals surface area contributed by atoms with Crippen LogP contribution in [0, 0.1) is 0 Å². The summed E-state index contributed by atoms with van der Waals surface area (Å²) in [5.74, 6) is 1.50. The van der Waals surface area contributed by atoms with E-state index >= 15 is 0 Å². The van der Waals surface area contributed by atoms with Gasteiger partial charge in [0.05, 0.1) is 23.9 Å². The van der Waals surface area contributed by atoms with Gasteiger partial charge in [-0.3, -0.25) is 9.55 Å². The summed E-state index contributed by atoms with van der Waals surface area (Å²) in [6, 6.07) is 11.6. The van der Waals surface area contributed by atoms with Gasteiger partial charge in [-0.25, -0.2) is 4.98 Å². The van der Waals surface area contributed by atoms with Crippen LogP contribution in [0.5, 0.6) is 0 Å². The van der Waals surface area contributed by atoms with Crippen LogP contribution >= 0.6 is 34.7 Å². The molecule has 0 saturated carbocycles. The summed E-state index contributed by atoms with van der Waals surface area (Å²) in [4.78, 5) is 8.81. The molecule has 4 aromatic rings. The lowest BCUT2D eigenvalue weighted by Crippen LogP contribution is -2.07. The quantitative estimate of drug-likeness (QED) is 0.355. The molecule has 0 aliphatic rings. The third-order valence-corrected chi connectivity index (χ3v) is 6.43. The van der Waals surface area contributed by atoms with Crippen molar-refractivity contribution in [3.05, 3.63) is 64.9 Å². The number of nitrogens with zero attached hydrogens (tertiary/aromatic N) is 5. The highest BCUT2D eigenvalue weighted by molar-refractivity contribution is 7.98. The van der Waals surface area contributed by atoms with Gasteiger partial charge < -0.3 is 4.74 Å². The molecule has 3 heterocycles. The Morgan fingerprint density at radius 3 is 2.76 bits per heavy atom. The molecular weight excluding hydrogens is 426 g/mol. The summed E-state index contributed by atoms with van der Waals surface area (Å²) in [6.45, 7) is 1.25. The van der Waals surface area contributed by atoms with Gasteiger partial charge >= 0.3 is 0 Å². The molecule has 0 fully saturated rings. The lowest BCUT2D eigenvalue weighted by molar-refractivity contribution is 0.185. The highest BCUT2D eigenvalue weighted by Crippen LogP contribution is 2.32. The first-order valence-corrected chi connectivity index (χ1v) is 11.1. The van der Waals surface area contributed by atoms with E-state index in [1.165, 1.54) is 0 Å². The van der Waals surface area contributed by atoms with Crippen molar-refractivity contribution >= 4 is 34.7 Å². The average molecular weight is 444 g/mol. The van der Waals surface area contributed by atoms with Crippen molar-refractivity contribution in [2.24, 2.45) is 0 Å². The topological polar surface area (TPSA) is 65.7 Å². The van der Waals surface area contributed by atoms with Crippen molar-refractivity contribution in [3.63, 3.8) is 0 Å². The van der Waals surface area contributed by atoms with Crippen LogP contribution in [0.15, 0.2) is 59.3 Å². The minimum Gasteiger partial charge on any atom is -0.383 e. The molecule has 6 nitrogen and oxygen atoms in total. The van der Waals surface area contributed by atoms with Gasteiger partial charge in [-0.1, -0.05) is 41.6 Å². The van der Waals surface area contributed by atoms with Gasteiger partial charge in [-0.15, -0.1) is 21.5 Å². The molecule has 0 radical (unpaired) electrons. The standard InChI is InChI=1S/C20H18ClN5OS2/c1-27-11-10-26-18(14-6-8-22-9-7-14)24-25-20(26)29-13-15-12-28-19(23-15)16-4-2-3-5-17(16)21/h2-9,12H,10-11,13H2,1H3.